The molecule has 0 aliphatic rings. The first-order valence-corrected chi connectivity index (χ1v) is 5.25. The third kappa shape index (κ3) is 3.17. The number of carbonyl (C=O) groups is 1. The Hall–Kier alpha value is -2.76. The monoisotopic (exact) mass is 286 g/mol. The second-order valence-electron chi connectivity index (χ2n) is 3.30. The summed E-state index contributed by atoms with van der Waals surface area (Å²) in [7, 11) is 0. The Morgan fingerprint density at radius 3 is 2.65 bits per heavy atom. The van der Waals surface area contributed by atoms with Crippen LogP contribution in [0, 0.1) is 21.4 Å². The van der Waals surface area contributed by atoms with Gasteiger partial charge in [-0.25, -0.2) is 4.79 Å². The Labute approximate surface area is 111 Å². The van der Waals surface area contributed by atoms with Crippen molar-refractivity contribution >= 4 is 11.7 Å². The van der Waals surface area contributed by atoms with Gasteiger partial charge in [-0.05, 0) is 13.0 Å². The van der Waals surface area contributed by atoms with Crippen LogP contribution in [-0.4, -0.2) is 24.1 Å². The van der Waals surface area contributed by atoms with Crippen molar-refractivity contribution in [3.05, 3.63) is 33.4 Å². The molecule has 0 bridgehead atoms. The fourth-order valence-corrected chi connectivity index (χ4v) is 1.42. The molecule has 106 valence electrons. The largest absolute Gasteiger partial charge is 0.462 e. The van der Waals surface area contributed by atoms with Crippen LogP contribution in [0.15, 0.2) is 12.1 Å². The van der Waals surface area contributed by atoms with Crippen molar-refractivity contribution < 1.29 is 28.0 Å². The highest BCUT2D eigenvalue weighted by Gasteiger charge is 2.30. The van der Waals surface area contributed by atoms with Gasteiger partial charge in [-0.3, -0.25) is 10.1 Å². The van der Waals surface area contributed by atoms with Crippen molar-refractivity contribution in [2.24, 2.45) is 0 Å². The number of nitro benzene ring substituents is 1. The fourth-order valence-electron chi connectivity index (χ4n) is 1.42. The lowest BCUT2D eigenvalue weighted by Crippen LogP contribution is -2.14. The molecule has 0 aromatic heterocycles. The zero-order chi connectivity index (χ0) is 15.3. The summed E-state index contributed by atoms with van der Waals surface area (Å²) in [4.78, 5) is 21.5. The van der Waals surface area contributed by atoms with E-state index in [1.54, 1.807) is 6.07 Å². The molecule has 0 amide bonds. The Kier molecular flexibility index (Phi) is 4.91. The predicted molar refractivity (Wildman–Crippen MR) is 60.4 cm³/mol. The molecule has 0 aliphatic heterocycles. The van der Waals surface area contributed by atoms with Gasteiger partial charge in [-0.1, -0.05) is 0 Å². The van der Waals surface area contributed by atoms with E-state index in [0.717, 1.165) is 12.1 Å². The summed E-state index contributed by atoms with van der Waals surface area (Å²) in [6, 6.07) is 3.33. The molecular weight excluding hydrogens is 278 g/mol. The summed E-state index contributed by atoms with van der Waals surface area (Å²) in [5, 5.41) is 19.6. The van der Waals surface area contributed by atoms with Gasteiger partial charge in [-0.2, -0.15) is 14.0 Å². The summed E-state index contributed by atoms with van der Waals surface area (Å²) < 4.78 is 33.3. The number of rotatable bonds is 5. The van der Waals surface area contributed by atoms with Crippen LogP contribution in [0.2, 0.25) is 0 Å². The first kappa shape index (κ1) is 15.3. The maximum Gasteiger partial charge on any atom is 0.387 e. The number of hydrogen-bond acceptors (Lipinski definition) is 6. The van der Waals surface area contributed by atoms with E-state index in [-0.39, 0.29) is 12.2 Å². The van der Waals surface area contributed by atoms with E-state index in [4.69, 9.17) is 5.26 Å². The Balaban J connectivity index is 3.56. The van der Waals surface area contributed by atoms with Crippen LogP contribution in [0.25, 0.3) is 0 Å². The van der Waals surface area contributed by atoms with Crippen LogP contribution >= 0.6 is 0 Å². The third-order valence-corrected chi connectivity index (χ3v) is 2.14. The minimum atomic E-state index is -3.39. The van der Waals surface area contributed by atoms with E-state index in [2.05, 4.69) is 9.47 Å². The highest BCUT2D eigenvalue weighted by molar-refractivity contribution is 5.97. The number of halogens is 2. The molecule has 1 rings (SSSR count). The molecule has 0 spiro atoms. The highest BCUT2D eigenvalue weighted by atomic mass is 19.3. The van der Waals surface area contributed by atoms with E-state index in [1.165, 1.54) is 6.92 Å². The minimum absolute atomic E-state index is 0.0967. The van der Waals surface area contributed by atoms with Gasteiger partial charge in [0.15, 0.2) is 0 Å². The van der Waals surface area contributed by atoms with E-state index < -0.39 is 34.5 Å². The number of alkyl halides is 2. The van der Waals surface area contributed by atoms with Crippen LogP contribution < -0.4 is 4.74 Å². The summed E-state index contributed by atoms with van der Waals surface area (Å²) in [6.07, 6.45) is 0. The third-order valence-electron chi connectivity index (χ3n) is 2.14. The Morgan fingerprint density at radius 2 is 2.20 bits per heavy atom. The Bertz CT molecular complexity index is 583. The van der Waals surface area contributed by atoms with Crippen LogP contribution in [0.5, 0.6) is 5.75 Å². The van der Waals surface area contributed by atoms with Crippen molar-refractivity contribution in [1.82, 2.24) is 0 Å². The van der Waals surface area contributed by atoms with Crippen LogP contribution in [-0.2, 0) is 4.74 Å². The maximum absolute atomic E-state index is 12.3. The number of ether oxygens (including phenoxy) is 2. The average molecular weight is 286 g/mol. The minimum Gasteiger partial charge on any atom is -0.462 e. The van der Waals surface area contributed by atoms with Gasteiger partial charge in [0, 0.05) is 6.07 Å². The molecule has 0 N–H and O–H groups in total. The van der Waals surface area contributed by atoms with Crippen molar-refractivity contribution in [1.29, 1.82) is 5.26 Å². The molecule has 0 unspecified atom stereocenters. The number of nitriles is 1. The first-order chi connectivity index (χ1) is 9.42. The summed E-state index contributed by atoms with van der Waals surface area (Å²) in [5.41, 5.74) is -1.90. The van der Waals surface area contributed by atoms with Crippen molar-refractivity contribution in [2.75, 3.05) is 6.61 Å². The van der Waals surface area contributed by atoms with Gasteiger partial charge in [0.25, 0.3) is 0 Å². The molecule has 0 fully saturated rings. The lowest BCUT2D eigenvalue weighted by atomic mass is 10.1. The zero-order valence-corrected chi connectivity index (χ0v) is 10.1. The van der Waals surface area contributed by atoms with Crippen LogP contribution in [0.1, 0.15) is 22.8 Å². The second-order valence-corrected chi connectivity index (χ2v) is 3.30. The number of benzene rings is 1. The lowest BCUT2D eigenvalue weighted by molar-refractivity contribution is -0.386. The van der Waals surface area contributed by atoms with Crippen LogP contribution in [0.4, 0.5) is 14.5 Å². The lowest BCUT2D eigenvalue weighted by Gasteiger charge is -2.11. The van der Waals surface area contributed by atoms with E-state index >= 15 is 0 Å². The normalized spacial score (nSPS) is 9.95. The summed E-state index contributed by atoms with van der Waals surface area (Å²) in [5.74, 6) is -2.13. The van der Waals surface area contributed by atoms with Crippen molar-refractivity contribution in [2.45, 2.75) is 13.5 Å². The first-order valence-electron chi connectivity index (χ1n) is 5.25. The van der Waals surface area contributed by atoms with Gasteiger partial charge in [0.05, 0.1) is 17.1 Å². The summed E-state index contributed by atoms with van der Waals surface area (Å²) in [6.45, 7) is -2.04. The van der Waals surface area contributed by atoms with Gasteiger partial charge in [0.2, 0.25) is 5.75 Å². The van der Waals surface area contributed by atoms with Crippen LogP contribution in [0.3, 0.4) is 0 Å². The molecule has 20 heavy (non-hydrogen) atoms. The maximum atomic E-state index is 12.3. The average Bonchev–Trinajstić information content (AvgIpc) is 2.37. The van der Waals surface area contributed by atoms with E-state index in [9.17, 15) is 23.7 Å². The molecule has 0 saturated carbocycles. The van der Waals surface area contributed by atoms with Gasteiger partial charge < -0.3 is 9.47 Å². The topological polar surface area (TPSA) is 102 Å². The number of hydrogen-bond donors (Lipinski definition) is 0. The molecule has 0 saturated heterocycles. The van der Waals surface area contributed by atoms with Crippen molar-refractivity contribution in [3.63, 3.8) is 0 Å². The molecule has 1 aromatic rings. The fraction of sp³-hybridized carbons (Fsp3) is 0.273. The van der Waals surface area contributed by atoms with E-state index in [1.807, 2.05) is 0 Å². The molecule has 0 aliphatic carbocycles. The van der Waals surface area contributed by atoms with Gasteiger partial charge >= 0.3 is 18.3 Å². The molecule has 1 aromatic carbocycles. The smallest absolute Gasteiger partial charge is 0.387 e. The highest BCUT2D eigenvalue weighted by Crippen LogP contribution is 2.35. The molecule has 0 radical (unpaired) electrons. The molecule has 9 heteroatoms. The molecule has 0 heterocycles. The molecule has 7 nitrogen and oxygen atoms in total. The number of nitro groups is 1. The van der Waals surface area contributed by atoms with Crippen molar-refractivity contribution in [3.8, 4) is 11.8 Å². The predicted octanol–water partition coefficient (Wildman–Crippen LogP) is 2.24. The number of carbonyl (C=O) groups excluding carboxylic acids is 1. The second kappa shape index (κ2) is 6.42. The zero-order valence-electron chi connectivity index (χ0n) is 10.1. The number of esters is 1. The quantitative estimate of drug-likeness (QED) is 0.467. The van der Waals surface area contributed by atoms with E-state index in [0.29, 0.717) is 0 Å². The number of nitrogens with zero attached hydrogens (tertiary/aromatic N) is 2. The SMILES string of the molecule is CCOC(=O)c1c(C#N)ccc([N+](=O)[O-])c1OC(F)F. The molecule has 0 atom stereocenters. The van der Waals surface area contributed by atoms with Gasteiger partial charge in [0.1, 0.15) is 11.6 Å². The standard InChI is InChI=1S/C11H8F2N2O5/c1-2-19-10(16)8-6(5-14)3-4-7(15(17)18)9(8)20-11(12)13/h3-4,11H,2H2,1H3. The Morgan fingerprint density at radius 1 is 1.55 bits per heavy atom. The summed E-state index contributed by atoms with van der Waals surface area (Å²) >= 11 is 0. The molecular formula is C11H8F2N2O5. The van der Waals surface area contributed by atoms with Gasteiger partial charge in [-0.15, -0.1) is 0 Å².